The molecule has 1 N–H and O–H groups in total. The first-order valence-electron chi connectivity index (χ1n) is 7.81. The van der Waals surface area contributed by atoms with Crippen LogP contribution in [0.25, 0.3) is 22.3 Å². The third-order valence-electron chi connectivity index (χ3n) is 4.03. The Hall–Kier alpha value is -3.09. The van der Waals surface area contributed by atoms with Crippen LogP contribution in [0.2, 0.25) is 0 Å². The lowest BCUT2D eigenvalue weighted by Gasteiger charge is -2.09. The summed E-state index contributed by atoms with van der Waals surface area (Å²) >= 11 is 0. The van der Waals surface area contributed by atoms with Crippen molar-refractivity contribution in [2.24, 2.45) is 0 Å². The number of hydrogen-bond donors (Lipinski definition) is 1. The summed E-state index contributed by atoms with van der Waals surface area (Å²) in [6.45, 7) is 2.03. The highest BCUT2D eigenvalue weighted by Crippen LogP contribution is 2.35. The van der Waals surface area contributed by atoms with E-state index in [1.54, 1.807) is 20.4 Å². The van der Waals surface area contributed by atoms with Crippen LogP contribution in [0.3, 0.4) is 0 Å². The topological polar surface area (TPSA) is 86.3 Å². The highest BCUT2D eigenvalue weighted by Gasteiger charge is 2.18. The van der Waals surface area contributed by atoms with Gasteiger partial charge in [0, 0.05) is 11.1 Å². The number of ether oxygens (including phenoxy) is 3. The molecular formula is C18H19N3O4. The number of nitrogens with zero attached hydrogens (tertiary/aromatic N) is 2. The van der Waals surface area contributed by atoms with E-state index in [0.29, 0.717) is 17.0 Å². The lowest BCUT2D eigenvalue weighted by molar-refractivity contribution is 0.0587. The first-order valence-corrected chi connectivity index (χ1v) is 7.81. The molecule has 0 saturated heterocycles. The quantitative estimate of drug-likeness (QED) is 0.718. The van der Waals surface area contributed by atoms with Crippen LogP contribution in [0.5, 0.6) is 11.5 Å². The highest BCUT2D eigenvalue weighted by atomic mass is 16.5. The summed E-state index contributed by atoms with van der Waals surface area (Å²) in [7, 11) is 4.51. The number of carbonyl (C=O) groups excluding carboxylic acids is 1. The molecule has 0 saturated carbocycles. The molecule has 2 aromatic heterocycles. The van der Waals surface area contributed by atoms with Crippen molar-refractivity contribution in [1.29, 1.82) is 0 Å². The minimum Gasteiger partial charge on any atom is -0.493 e. The Balaban J connectivity index is 2.18. The Labute approximate surface area is 145 Å². The minimum absolute atomic E-state index is 0.0440. The van der Waals surface area contributed by atoms with Crippen LogP contribution >= 0.6 is 0 Å². The molecule has 0 aliphatic rings. The maximum Gasteiger partial charge on any atom is 0.376 e. The Morgan fingerprint density at radius 1 is 1.16 bits per heavy atom. The predicted molar refractivity (Wildman–Crippen MR) is 93.1 cm³/mol. The van der Waals surface area contributed by atoms with E-state index in [1.807, 2.05) is 25.1 Å². The largest absolute Gasteiger partial charge is 0.493 e. The Bertz CT molecular complexity index is 933. The number of aryl methyl sites for hydroxylation is 1. The summed E-state index contributed by atoms with van der Waals surface area (Å²) in [5.41, 5.74) is 4.31. The molecule has 130 valence electrons. The van der Waals surface area contributed by atoms with E-state index in [-0.39, 0.29) is 5.82 Å². The molecule has 0 aliphatic carbocycles. The van der Waals surface area contributed by atoms with Gasteiger partial charge in [-0.05, 0) is 24.6 Å². The zero-order chi connectivity index (χ0) is 18.0. The smallest absolute Gasteiger partial charge is 0.376 e. The first kappa shape index (κ1) is 16.8. The SMILES string of the molecule is CCc1c(-c2ccc(OC)c(OC)c2)[nH]c2cnc(C(=O)OC)nc12. The number of aromatic nitrogens is 3. The minimum atomic E-state index is -0.558. The van der Waals surface area contributed by atoms with E-state index in [4.69, 9.17) is 14.2 Å². The van der Waals surface area contributed by atoms with E-state index >= 15 is 0 Å². The maximum absolute atomic E-state index is 11.7. The predicted octanol–water partition coefficient (Wildman–Crippen LogP) is 2.99. The Kier molecular flexibility index (Phi) is 4.56. The maximum atomic E-state index is 11.7. The number of fused-ring (bicyclic) bond motifs is 1. The van der Waals surface area contributed by atoms with Crippen molar-refractivity contribution in [2.45, 2.75) is 13.3 Å². The molecule has 0 aliphatic heterocycles. The standard InChI is InChI=1S/C18H19N3O4/c1-5-11-15(10-6-7-13(23-2)14(8-10)24-3)20-12-9-19-17(18(22)25-4)21-16(11)12/h6-9,20H,5H2,1-4H3. The monoisotopic (exact) mass is 341 g/mol. The molecular weight excluding hydrogens is 322 g/mol. The molecule has 0 amide bonds. The molecule has 0 spiro atoms. The van der Waals surface area contributed by atoms with Gasteiger partial charge in [0.2, 0.25) is 5.82 Å². The number of esters is 1. The zero-order valence-electron chi connectivity index (χ0n) is 14.5. The molecule has 25 heavy (non-hydrogen) atoms. The number of hydrogen-bond acceptors (Lipinski definition) is 6. The van der Waals surface area contributed by atoms with Crippen molar-refractivity contribution < 1.29 is 19.0 Å². The third-order valence-corrected chi connectivity index (χ3v) is 4.03. The number of benzene rings is 1. The Morgan fingerprint density at radius 2 is 1.92 bits per heavy atom. The van der Waals surface area contributed by atoms with Gasteiger partial charge in [-0.15, -0.1) is 0 Å². The van der Waals surface area contributed by atoms with E-state index in [0.717, 1.165) is 28.8 Å². The Morgan fingerprint density at radius 3 is 2.56 bits per heavy atom. The van der Waals surface area contributed by atoms with Gasteiger partial charge in [0.1, 0.15) is 0 Å². The van der Waals surface area contributed by atoms with Crippen LogP contribution in [-0.2, 0) is 11.2 Å². The van der Waals surface area contributed by atoms with Crippen LogP contribution in [0.4, 0.5) is 0 Å². The molecule has 0 unspecified atom stereocenters. The molecule has 3 rings (SSSR count). The van der Waals surface area contributed by atoms with Crippen LogP contribution in [-0.4, -0.2) is 42.3 Å². The van der Waals surface area contributed by atoms with Crippen LogP contribution < -0.4 is 9.47 Å². The molecule has 0 atom stereocenters. The van der Waals surface area contributed by atoms with E-state index in [9.17, 15) is 4.79 Å². The average Bonchev–Trinajstić information content (AvgIpc) is 3.04. The molecule has 0 radical (unpaired) electrons. The van der Waals surface area contributed by atoms with Gasteiger partial charge in [0.25, 0.3) is 0 Å². The van der Waals surface area contributed by atoms with Gasteiger partial charge in [0.15, 0.2) is 11.5 Å². The summed E-state index contributed by atoms with van der Waals surface area (Å²) in [4.78, 5) is 23.5. The van der Waals surface area contributed by atoms with Crippen molar-refractivity contribution in [3.8, 4) is 22.8 Å². The molecule has 1 aromatic carbocycles. The normalized spacial score (nSPS) is 10.7. The number of rotatable bonds is 5. The highest BCUT2D eigenvalue weighted by molar-refractivity contribution is 5.92. The average molecular weight is 341 g/mol. The van der Waals surface area contributed by atoms with Crippen molar-refractivity contribution in [3.05, 3.63) is 35.8 Å². The van der Waals surface area contributed by atoms with E-state index in [1.165, 1.54) is 7.11 Å². The molecule has 0 bridgehead atoms. The second-order valence-electron chi connectivity index (χ2n) is 5.35. The van der Waals surface area contributed by atoms with Gasteiger partial charge in [-0.2, -0.15) is 0 Å². The van der Waals surface area contributed by atoms with Crippen molar-refractivity contribution in [1.82, 2.24) is 15.0 Å². The van der Waals surface area contributed by atoms with Gasteiger partial charge in [-0.1, -0.05) is 6.92 Å². The fourth-order valence-electron chi connectivity index (χ4n) is 2.80. The summed E-state index contributed by atoms with van der Waals surface area (Å²) in [6, 6.07) is 5.70. The summed E-state index contributed by atoms with van der Waals surface area (Å²) in [5.74, 6) is 0.788. The third kappa shape index (κ3) is 2.88. The fraction of sp³-hybridized carbons (Fsp3) is 0.278. The van der Waals surface area contributed by atoms with Gasteiger partial charge in [0.05, 0.1) is 44.3 Å². The van der Waals surface area contributed by atoms with E-state index in [2.05, 4.69) is 15.0 Å². The van der Waals surface area contributed by atoms with Crippen molar-refractivity contribution >= 4 is 17.0 Å². The lowest BCUT2D eigenvalue weighted by Crippen LogP contribution is -2.07. The molecule has 7 heteroatoms. The molecule has 2 heterocycles. The molecule has 3 aromatic rings. The van der Waals surface area contributed by atoms with Gasteiger partial charge >= 0.3 is 5.97 Å². The second kappa shape index (κ2) is 6.80. The summed E-state index contributed by atoms with van der Waals surface area (Å²) in [5, 5.41) is 0. The summed E-state index contributed by atoms with van der Waals surface area (Å²) in [6.07, 6.45) is 2.33. The summed E-state index contributed by atoms with van der Waals surface area (Å²) < 4.78 is 15.4. The number of methoxy groups -OCH3 is 3. The fourth-order valence-corrected chi connectivity index (χ4v) is 2.80. The molecule has 7 nitrogen and oxygen atoms in total. The number of H-pyrrole nitrogens is 1. The van der Waals surface area contributed by atoms with Crippen LogP contribution in [0.1, 0.15) is 23.1 Å². The van der Waals surface area contributed by atoms with Gasteiger partial charge in [-0.25, -0.2) is 14.8 Å². The van der Waals surface area contributed by atoms with Crippen LogP contribution in [0, 0.1) is 0 Å². The van der Waals surface area contributed by atoms with Gasteiger partial charge < -0.3 is 19.2 Å². The lowest BCUT2D eigenvalue weighted by atomic mass is 10.0. The number of nitrogens with one attached hydrogen (secondary N) is 1. The number of aromatic amines is 1. The van der Waals surface area contributed by atoms with Crippen molar-refractivity contribution in [3.63, 3.8) is 0 Å². The number of carbonyl (C=O) groups is 1. The first-order chi connectivity index (χ1) is 12.1. The van der Waals surface area contributed by atoms with E-state index < -0.39 is 5.97 Å². The molecule has 0 fully saturated rings. The zero-order valence-corrected chi connectivity index (χ0v) is 14.5. The second-order valence-corrected chi connectivity index (χ2v) is 5.35. The van der Waals surface area contributed by atoms with Gasteiger partial charge in [-0.3, -0.25) is 0 Å². The van der Waals surface area contributed by atoms with Crippen LogP contribution in [0.15, 0.2) is 24.4 Å². The van der Waals surface area contributed by atoms with Crippen molar-refractivity contribution in [2.75, 3.05) is 21.3 Å².